The summed E-state index contributed by atoms with van der Waals surface area (Å²) in [6, 6.07) is 16.8. The van der Waals surface area contributed by atoms with Crippen molar-refractivity contribution in [1.29, 1.82) is 0 Å². The number of rotatable bonds is 5. The number of nitrogens with one attached hydrogen (secondary N) is 1. The third-order valence-electron chi connectivity index (χ3n) is 3.48. The van der Waals surface area contributed by atoms with Crippen molar-refractivity contribution in [3.63, 3.8) is 0 Å². The van der Waals surface area contributed by atoms with Gasteiger partial charge in [-0.1, -0.05) is 61.5 Å². The Balaban J connectivity index is 2.02. The second-order valence-electron chi connectivity index (χ2n) is 5.04. The molecule has 114 valence electrons. The van der Waals surface area contributed by atoms with Gasteiger partial charge in [-0.15, -0.1) is 0 Å². The summed E-state index contributed by atoms with van der Waals surface area (Å²) in [7, 11) is 0. The topological polar surface area (TPSA) is 61.7 Å². The van der Waals surface area contributed by atoms with Gasteiger partial charge in [0.25, 0.3) is 5.91 Å². The molecule has 0 saturated carbocycles. The third-order valence-corrected chi connectivity index (χ3v) is 3.48. The molecule has 2 aromatic rings. The number of hydrogen-bond acceptors (Lipinski definition) is 3. The Hall–Kier alpha value is -2.46. The van der Waals surface area contributed by atoms with E-state index in [4.69, 9.17) is 0 Å². The molecule has 0 bridgehead atoms. The summed E-state index contributed by atoms with van der Waals surface area (Å²) < 4.78 is 0. The molecular formula is C18H20N2O2. The highest BCUT2D eigenvalue weighted by molar-refractivity contribution is 5.99. The van der Waals surface area contributed by atoms with E-state index in [0.29, 0.717) is 11.3 Å². The number of aliphatic hydroxyl groups is 1. The first kappa shape index (κ1) is 15.9. The van der Waals surface area contributed by atoms with Crippen LogP contribution in [0.25, 0.3) is 0 Å². The molecule has 2 aromatic carbocycles. The normalized spacial score (nSPS) is 12.8. The maximum atomic E-state index is 11.9. The van der Waals surface area contributed by atoms with E-state index in [1.807, 2.05) is 37.3 Å². The fraction of sp³-hybridized carbons (Fsp3) is 0.222. The number of aliphatic hydroxyl groups excluding tert-OH is 1. The smallest absolute Gasteiger partial charge is 0.273 e. The molecule has 0 fully saturated rings. The lowest BCUT2D eigenvalue weighted by molar-refractivity contribution is -0.129. The van der Waals surface area contributed by atoms with E-state index in [-0.39, 0.29) is 0 Å². The number of amides is 1. The standard InChI is InChI=1S/C18H20N2O2/c1-3-14-9-11-15(12-10-14)13(2)19-20-18(22)17(21)16-7-5-4-6-8-16/h4-12,17,21H,3H2,1-2H3,(H,20,22). The molecule has 0 radical (unpaired) electrons. The van der Waals surface area contributed by atoms with Crippen LogP contribution in [0, 0.1) is 0 Å². The minimum Gasteiger partial charge on any atom is -0.378 e. The van der Waals surface area contributed by atoms with E-state index >= 15 is 0 Å². The van der Waals surface area contributed by atoms with Crippen molar-refractivity contribution in [2.24, 2.45) is 5.10 Å². The minimum absolute atomic E-state index is 0.542. The lowest BCUT2D eigenvalue weighted by Crippen LogP contribution is -2.26. The monoisotopic (exact) mass is 296 g/mol. The van der Waals surface area contributed by atoms with Gasteiger partial charge in [-0.3, -0.25) is 4.79 Å². The molecule has 0 aliphatic carbocycles. The van der Waals surface area contributed by atoms with Gasteiger partial charge in [0, 0.05) is 0 Å². The van der Waals surface area contributed by atoms with Crippen molar-refractivity contribution in [3.05, 3.63) is 71.3 Å². The summed E-state index contributed by atoms with van der Waals surface area (Å²) in [6.45, 7) is 3.91. The number of hydrogen-bond donors (Lipinski definition) is 2. The Bertz CT molecular complexity index is 649. The van der Waals surface area contributed by atoms with E-state index in [0.717, 1.165) is 12.0 Å². The van der Waals surface area contributed by atoms with Gasteiger partial charge in [0.1, 0.15) is 0 Å². The first-order valence-electron chi connectivity index (χ1n) is 7.28. The number of benzene rings is 2. The van der Waals surface area contributed by atoms with Crippen molar-refractivity contribution in [2.75, 3.05) is 0 Å². The lowest BCUT2D eigenvalue weighted by Gasteiger charge is -2.09. The maximum absolute atomic E-state index is 11.9. The van der Waals surface area contributed by atoms with Gasteiger partial charge in [0.2, 0.25) is 0 Å². The molecule has 1 atom stereocenters. The maximum Gasteiger partial charge on any atom is 0.273 e. The molecule has 1 amide bonds. The number of aryl methyl sites for hydroxylation is 1. The van der Waals surface area contributed by atoms with Crippen LogP contribution in [-0.2, 0) is 11.2 Å². The molecule has 4 nitrogen and oxygen atoms in total. The Morgan fingerprint density at radius 3 is 2.36 bits per heavy atom. The largest absolute Gasteiger partial charge is 0.378 e. The third kappa shape index (κ3) is 4.02. The van der Waals surface area contributed by atoms with Crippen LogP contribution in [0.5, 0.6) is 0 Å². The van der Waals surface area contributed by atoms with Gasteiger partial charge in [-0.25, -0.2) is 5.43 Å². The summed E-state index contributed by atoms with van der Waals surface area (Å²) in [5, 5.41) is 14.0. The Morgan fingerprint density at radius 1 is 1.14 bits per heavy atom. The number of carbonyl (C=O) groups is 1. The first-order valence-corrected chi connectivity index (χ1v) is 7.28. The molecular weight excluding hydrogens is 276 g/mol. The molecule has 2 N–H and O–H groups in total. The van der Waals surface area contributed by atoms with Crippen LogP contribution in [0.3, 0.4) is 0 Å². The summed E-state index contributed by atoms with van der Waals surface area (Å²) in [6.07, 6.45) is -0.239. The highest BCUT2D eigenvalue weighted by Crippen LogP contribution is 2.12. The van der Waals surface area contributed by atoms with E-state index in [9.17, 15) is 9.90 Å². The van der Waals surface area contributed by atoms with Crippen LogP contribution in [0.2, 0.25) is 0 Å². The molecule has 0 heterocycles. The van der Waals surface area contributed by atoms with Crippen molar-refractivity contribution < 1.29 is 9.90 Å². The van der Waals surface area contributed by atoms with Crippen molar-refractivity contribution in [1.82, 2.24) is 5.43 Å². The predicted octanol–water partition coefficient (Wildman–Crippen LogP) is 2.82. The van der Waals surface area contributed by atoms with Gasteiger partial charge in [-0.05, 0) is 30.0 Å². The summed E-state index contributed by atoms with van der Waals surface area (Å²) in [5.41, 5.74) is 5.83. The van der Waals surface area contributed by atoms with Crippen LogP contribution >= 0.6 is 0 Å². The summed E-state index contributed by atoms with van der Waals surface area (Å²) in [4.78, 5) is 11.9. The Morgan fingerprint density at radius 2 is 1.77 bits per heavy atom. The molecule has 22 heavy (non-hydrogen) atoms. The number of nitrogens with zero attached hydrogens (tertiary/aromatic N) is 1. The van der Waals surface area contributed by atoms with Gasteiger partial charge in [0.05, 0.1) is 5.71 Å². The van der Waals surface area contributed by atoms with Gasteiger partial charge in [0.15, 0.2) is 6.10 Å². The predicted molar refractivity (Wildman–Crippen MR) is 87.6 cm³/mol. The molecule has 0 spiro atoms. The molecule has 0 aromatic heterocycles. The zero-order chi connectivity index (χ0) is 15.9. The highest BCUT2D eigenvalue weighted by atomic mass is 16.3. The Labute approximate surface area is 130 Å². The lowest BCUT2D eigenvalue weighted by atomic mass is 10.1. The van der Waals surface area contributed by atoms with E-state index in [1.54, 1.807) is 24.3 Å². The van der Waals surface area contributed by atoms with Crippen molar-refractivity contribution in [2.45, 2.75) is 26.4 Å². The van der Waals surface area contributed by atoms with Crippen molar-refractivity contribution in [3.8, 4) is 0 Å². The van der Waals surface area contributed by atoms with Crippen molar-refractivity contribution >= 4 is 11.6 Å². The SMILES string of the molecule is CCc1ccc(C(C)=NNC(=O)C(O)c2ccccc2)cc1. The van der Waals surface area contributed by atoms with Crippen LogP contribution in [0.4, 0.5) is 0 Å². The summed E-state index contributed by atoms with van der Waals surface area (Å²) in [5.74, 6) is -0.546. The van der Waals surface area contributed by atoms with Crippen LogP contribution in [0.15, 0.2) is 59.7 Å². The molecule has 4 heteroatoms. The Kier molecular flexibility index (Phi) is 5.44. The summed E-state index contributed by atoms with van der Waals surface area (Å²) >= 11 is 0. The zero-order valence-electron chi connectivity index (χ0n) is 12.8. The molecule has 1 unspecified atom stereocenters. The molecule has 0 aliphatic rings. The van der Waals surface area contributed by atoms with Gasteiger partial charge >= 0.3 is 0 Å². The van der Waals surface area contributed by atoms with E-state index in [2.05, 4.69) is 17.5 Å². The average molecular weight is 296 g/mol. The number of hydrazone groups is 1. The van der Waals surface area contributed by atoms with Crippen LogP contribution in [0.1, 0.15) is 36.6 Å². The highest BCUT2D eigenvalue weighted by Gasteiger charge is 2.16. The molecule has 2 rings (SSSR count). The average Bonchev–Trinajstić information content (AvgIpc) is 2.59. The molecule has 0 saturated heterocycles. The van der Waals surface area contributed by atoms with Crippen LogP contribution < -0.4 is 5.43 Å². The second kappa shape index (κ2) is 7.52. The van der Waals surface area contributed by atoms with Gasteiger partial charge in [-0.2, -0.15) is 5.10 Å². The second-order valence-corrected chi connectivity index (χ2v) is 5.04. The van der Waals surface area contributed by atoms with E-state index in [1.165, 1.54) is 5.56 Å². The van der Waals surface area contributed by atoms with E-state index < -0.39 is 12.0 Å². The fourth-order valence-corrected chi connectivity index (χ4v) is 2.03. The quantitative estimate of drug-likeness (QED) is 0.658. The first-order chi connectivity index (χ1) is 10.6. The van der Waals surface area contributed by atoms with Crippen LogP contribution in [-0.4, -0.2) is 16.7 Å². The van der Waals surface area contributed by atoms with Gasteiger partial charge < -0.3 is 5.11 Å². The minimum atomic E-state index is -1.22. The zero-order valence-corrected chi connectivity index (χ0v) is 12.8. The molecule has 0 aliphatic heterocycles. The number of carbonyl (C=O) groups excluding carboxylic acids is 1. The fourth-order valence-electron chi connectivity index (χ4n) is 2.03.